The van der Waals surface area contributed by atoms with Crippen LogP contribution in [0.2, 0.25) is 0 Å². The number of phosphoric ester groups is 1. The smallest absolute Gasteiger partial charge is 0.462 e. The van der Waals surface area contributed by atoms with Gasteiger partial charge >= 0.3 is 19.8 Å². The van der Waals surface area contributed by atoms with E-state index in [9.17, 15) is 19.0 Å². The zero-order valence-electron chi connectivity index (χ0n) is 34.4. The van der Waals surface area contributed by atoms with Crippen LogP contribution in [0, 0.1) is 0 Å². The molecule has 1 unspecified atom stereocenters. The lowest BCUT2D eigenvalue weighted by Crippen LogP contribution is -2.37. The normalized spacial score (nSPS) is 14.6. The Balaban J connectivity index is 4.57. The van der Waals surface area contributed by atoms with E-state index in [1.165, 1.54) is 19.3 Å². The summed E-state index contributed by atoms with van der Waals surface area (Å²) in [6, 6.07) is 0. The summed E-state index contributed by atoms with van der Waals surface area (Å²) in [7, 11) is 1.41. The molecule has 0 aromatic carbocycles. The van der Waals surface area contributed by atoms with Crippen molar-refractivity contribution >= 4 is 19.8 Å². The van der Waals surface area contributed by atoms with Gasteiger partial charge in [0.2, 0.25) is 0 Å². The number of allylic oxidation sites excluding steroid dienone is 14. The molecule has 2 atom stereocenters. The number of phosphoric acid groups is 1. The van der Waals surface area contributed by atoms with Crippen LogP contribution in [-0.4, -0.2) is 74.9 Å². The van der Waals surface area contributed by atoms with E-state index >= 15 is 0 Å². The third kappa shape index (κ3) is 38.9. The molecule has 0 amide bonds. The van der Waals surface area contributed by atoms with Crippen molar-refractivity contribution in [2.45, 2.75) is 136 Å². The van der Waals surface area contributed by atoms with Gasteiger partial charge < -0.3 is 18.9 Å². The van der Waals surface area contributed by atoms with Crippen molar-refractivity contribution < 1.29 is 42.1 Å². The molecule has 0 fully saturated rings. The first-order valence-electron chi connectivity index (χ1n) is 20.3. The second-order valence-electron chi connectivity index (χ2n) is 14.3. The number of rotatable bonds is 35. The molecule has 0 aromatic rings. The van der Waals surface area contributed by atoms with Crippen LogP contribution in [0.1, 0.15) is 129 Å². The SMILES string of the molecule is CC/C=C/C/C=C/C/C=C/C/C=C/CCCCC(=O)O[C@H](COC(=O)CCCC/C=C/C/C=C/C/C=C/CCCCC)COP(=O)(O)OCC[N+](C)(C)C. The van der Waals surface area contributed by atoms with Crippen molar-refractivity contribution in [1.82, 2.24) is 0 Å². The van der Waals surface area contributed by atoms with Gasteiger partial charge in [0.15, 0.2) is 6.10 Å². The number of nitrogens with zero attached hydrogens (tertiary/aromatic N) is 1. The fourth-order valence-electron chi connectivity index (χ4n) is 4.71. The van der Waals surface area contributed by atoms with Crippen molar-refractivity contribution in [2.75, 3.05) is 47.5 Å². The monoisotopic (exact) mass is 777 g/mol. The predicted molar refractivity (Wildman–Crippen MR) is 224 cm³/mol. The van der Waals surface area contributed by atoms with Crippen LogP contribution in [0.25, 0.3) is 0 Å². The minimum Gasteiger partial charge on any atom is -0.462 e. The molecule has 10 heteroatoms. The number of carbonyl (C=O) groups is 2. The van der Waals surface area contributed by atoms with Crippen LogP contribution in [0.5, 0.6) is 0 Å². The summed E-state index contributed by atoms with van der Waals surface area (Å²) in [6.45, 7) is 4.15. The van der Waals surface area contributed by atoms with Gasteiger partial charge in [-0.1, -0.05) is 112 Å². The molecule has 0 aromatic heterocycles. The first-order valence-corrected chi connectivity index (χ1v) is 21.8. The zero-order chi connectivity index (χ0) is 40.0. The molecule has 0 saturated heterocycles. The average molecular weight is 777 g/mol. The standard InChI is InChI=1S/C44H74NO8P/c1-6-8-10-12-14-16-18-20-22-24-26-28-30-32-34-36-43(46)50-40-42(41-52-54(48,49)51-39-38-45(3,4)5)53-44(47)37-35-33-31-29-27-25-23-21-19-17-15-13-11-9-7-2/h9,11,14-17,20-23,26-29,42H,6-8,10,12-13,18-19,24-25,30-41H2,1-5H3/p+1/b11-9+,16-14+,17-15+,22-20+,23-21+,28-26+,29-27+/t42-/m1/s1. The molecule has 54 heavy (non-hydrogen) atoms. The van der Waals surface area contributed by atoms with Gasteiger partial charge in [0.25, 0.3) is 0 Å². The molecule has 0 heterocycles. The summed E-state index contributed by atoms with van der Waals surface area (Å²) in [5.74, 6) is -0.904. The number of hydrogen-bond donors (Lipinski definition) is 1. The maximum absolute atomic E-state index is 12.6. The second-order valence-corrected chi connectivity index (χ2v) is 15.7. The van der Waals surface area contributed by atoms with E-state index in [0.29, 0.717) is 23.9 Å². The molecule has 0 bridgehead atoms. The number of carbonyl (C=O) groups excluding carboxylic acids is 2. The van der Waals surface area contributed by atoms with E-state index in [1.807, 2.05) is 21.1 Å². The van der Waals surface area contributed by atoms with E-state index < -0.39 is 32.5 Å². The van der Waals surface area contributed by atoms with Crippen LogP contribution in [0.3, 0.4) is 0 Å². The highest BCUT2D eigenvalue weighted by Gasteiger charge is 2.27. The topological polar surface area (TPSA) is 108 Å². The summed E-state index contributed by atoms with van der Waals surface area (Å²) in [4.78, 5) is 35.2. The molecule has 0 aliphatic rings. The maximum atomic E-state index is 12.6. The Morgan fingerprint density at radius 3 is 1.50 bits per heavy atom. The number of likely N-dealkylation sites (N-methyl/N-ethyl adjacent to an activating group) is 1. The molecule has 0 radical (unpaired) electrons. The van der Waals surface area contributed by atoms with Gasteiger partial charge in [-0.25, -0.2) is 4.57 Å². The first-order chi connectivity index (χ1) is 26.0. The molecule has 0 aliphatic heterocycles. The van der Waals surface area contributed by atoms with Crippen LogP contribution >= 0.6 is 7.82 Å². The summed E-state index contributed by atoms with van der Waals surface area (Å²) in [5.41, 5.74) is 0. The predicted octanol–water partition coefficient (Wildman–Crippen LogP) is 11.2. The molecule has 0 aliphatic carbocycles. The van der Waals surface area contributed by atoms with Gasteiger partial charge in [-0.05, 0) is 89.9 Å². The van der Waals surface area contributed by atoms with Crippen molar-refractivity contribution in [3.05, 3.63) is 85.1 Å². The number of quaternary nitrogens is 1. The summed E-state index contributed by atoms with van der Waals surface area (Å²) in [5, 5.41) is 0. The fourth-order valence-corrected chi connectivity index (χ4v) is 5.46. The van der Waals surface area contributed by atoms with Crippen LogP contribution in [0.15, 0.2) is 85.1 Å². The van der Waals surface area contributed by atoms with Gasteiger partial charge in [0.05, 0.1) is 27.7 Å². The van der Waals surface area contributed by atoms with Crippen LogP contribution in [0.4, 0.5) is 0 Å². The quantitative estimate of drug-likeness (QED) is 0.0223. The van der Waals surface area contributed by atoms with Crippen molar-refractivity contribution in [1.29, 1.82) is 0 Å². The van der Waals surface area contributed by atoms with E-state index in [4.69, 9.17) is 18.5 Å². The van der Waals surface area contributed by atoms with Crippen LogP contribution in [-0.2, 0) is 32.7 Å². The maximum Gasteiger partial charge on any atom is 0.472 e. The van der Waals surface area contributed by atoms with Gasteiger partial charge in [-0.15, -0.1) is 0 Å². The number of esters is 2. The fraction of sp³-hybridized carbons (Fsp3) is 0.636. The number of unbranched alkanes of at least 4 members (excludes halogenated alkanes) is 7. The molecule has 308 valence electrons. The van der Waals surface area contributed by atoms with Gasteiger partial charge in [0, 0.05) is 12.8 Å². The van der Waals surface area contributed by atoms with E-state index in [0.717, 1.165) is 70.6 Å². The molecule has 0 saturated carbocycles. The largest absolute Gasteiger partial charge is 0.472 e. The van der Waals surface area contributed by atoms with Crippen molar-refractivity contribution in [2.24, 2.45) is 0 Å². The van der Waals surface area contributed by atoms with E-state index in [-0.39, 0.29) is 26.1 Å². The molecule has 9 nitrogen and oxygen atoms in total. The lowest BCUT2D eigenvalue weighted by Gasteiger charge is -2.24. The van der Waals surface area contributed by atoms with Gasteiger partial charge in [0.1, 0.15) is 19.8 Å². The Morgan fingerprint density at radius 1 is 0.593 bits per heavy atom. The van der Waals surface area contributed by atoms with Crippen molar-refractivity contribution in [3.8, 4) is 0 Å². The van der Waals surface area contributed by atoms with Gasteiger partial charge in [-0.3, -0.25) is 18.6 Å². The minimum absolute atomic E-state index is 0.0126. The molecular formula is C44H75NO8P+. The Morgan fingerprint density at radius 2 is 1.04 bits per heavy atom. The molecule has 1 N–H and O–H groups in total. The lowest BCUT2D eigenvalue weighted by molar-refractivity contribution is -0.870. The minimum atomic E-state index is -4.40. The third-order valence-corrected chi connectivity index (χ3v) is 8.89. The van der Waals surface area contributed by atoms with Crippen molar-refractivity contribution in [3.63, 3.8) is 0 Å². The molecular weight excluding hydrogens is 701 g/mol. The van der Waals surface area contributed by atoms with Crippen LogP contribution < -0.4 is 0 Å². The number of hydrogen-bond acceptors (Lipinski definition) is 7. The summed E-state index contributed by atoms with van der Waals surface area (Å²) in [6.07, 6.45) is 45.0. The van der Waals surface area contributed by atoms with E-state index in [2.05, 4.69) is 98.9 Å². The molecule has 0 spiro atoms. The second kappa shape index (κ2) is 35.9. The van der Waals surface area contributed by atoms with Gasteiger partial charge in [-0.2, -0.15) is 0 Å². The Labute approximate surface area is 329 Å². The summed E-state index contributed by atoms with van der Waals surface area (Å²) < 4.78 is 34.1. The molecule has 0 rings (SSSR count). The Bertz CT molecular complexity index is 1200. The first kappa shape index (κ1) is 51.2. The Kier molecular flexibility index (Phi) is 34.0. The highest BCUT2D eigenvalue weighted by molar-refractivity contribution is 7.47. The highest BCUT2D eigenvalue weighted by Crippen LogP contribution is 2.43. The zero-order valence-corrected chi connectivity index (χ0v) is 35.3. The lowest BCUT2D eigenvalue weighted by atomic mass is 10.1. The average Bonchev–Trinajstić information content (AvgIpc) is 3.12. The number of ether oxygens (including phenoxy) is 2. The Hall–Kier alpha value is -2.81. The highest BCUT2D eigenvalue weighted by atomic mass is 31.2. The van der Waals surface area contributed by atoms with E-state index in [1.54, 1.807) is 0 Å². The third-order valence-electron chi connectivity index (χ3n) is 7.91. The summed E-state index contributed by atoms with van der Waals surface area (Å²) >= 11 is 0.